The molecular formula is C11H20FNO. The molecule has 82 valence electrons. The van der Waals surface area contributed by atoms with Crippen molar-refractivity contribution >= 4 is 5.91 Å². The molecule has 1 saturated carbocycles. The molecule has 0 spiro atoms. The Kier molecular flexibility index (Phi) is 3.90. The topological polar surface area (TPSA) is 29.1 Å². The minimum absolute atomic E-state index is 0.124. The van der Waals surface area contributed by atoms with Gasteiger partial charge in [0.2, 0.25) is 5.91 Å². The SMILES string of the molecule is CC(=O)N[C@@H]1CC[C@H](C(C)C)C[C@H]1F. The number of alkyl halides is 1. The average molecular weight is 201 g/mol. The molecular weight excluding hydrogens is 181 g/mol. The van der Waals surface area contributed by atoms with Gasteiger partial charge in [0.25, 0.3) is 0 Å². The second kappa shape index (κ2) is 4.76. The highest BCUT2D eigenvalue weighted by atomic mass is 19.1. The lowest BCUT2D eigenvalue weighted by atomic mass is 9.78. The molecule has 3 atom stereocenters. The summed E-state index contributed by atoms with van der Waals surface area (Å²) in [6, 6.07) is -0.248. The van der Waals surface area contributed by atoms with Crippen LogP contribution in [0.3, 0.4) is 0 Å². The Morgan fingerprint density at radius 1 is 1.43 bits per heavy atom. The minimum atomic E-state index is -0.861. The molecule has 0 aromatic heterocycles. The number of halogens is 1. The van der Waals surface area contributed by atoms with Crippen LogP contribution in [-0.2, 0) is 4.79 Å². The van der Waals surface area contributed by atoms with Crippen molar-refractivity contribution in [3.05, 3.63) is 0 Å². The van der Waals surface area contributed by atoms with E-state index < -0.39 is 6.17 Å². The number of rotatable bonds is 2. The van der Waals surface area contributed by atoms with Crippen LogP contribution in [0, 0.1) is 11.8 Å². The van der Waals surface area contributed by atoms with Crippen LogP contribution in [0.4, 0.5) is 4.39 Å². The molecule has 2 nitrogen and oxygen atoms in total. The van der Waals surface area contributed by atoms with Crippen molar-refractivity contribution < 1.29 is 9.18 Å². The van der Waals surface area contributed by atoms with Crippen molar-refractivity contribution in [2.24, 2.45) is 11.8 Å². The van der Waals surface area contributed by atoms with Gasteiger partial charge in [-0.2, -0.15) is 0 Å². The van der Waals surface area contributed by atoms with E-state index in [0.29, 0.717) is 18.3 Å². The van der Waals surface area contributed by atoms with E-state index in [4.69, 9.17) is 0 Å². The number of carbonyl (C=O) groups is 1. The van der Waals surface area contributed by atoms with Crippen LogP contribution in [-0.4, -0.2) is 18.1 Å². The van der Waals surface area contributed by atoms with Gasteiger partial charge in [0.15, 0.2) is 0 Å². The summed E-state index contributed by atoms with van der Waals surface area (Å²) in [6.45, 7) is 5.72. The van der Waals surface area contributed by atoms with Crippen LogP contribution >= 0.6 is 0 Å². The zero-order chi connectivity index (χ0) is 10.7. The summed E-state index contributed by atoms with van der Waals surface area (Å²) in [5, 5.41) is 2.68. The Hall–Kier alpha value is -0.600. The Morgan fingerprint density at radius 3 is 2.50 bits per heavy atom. The number of hydrogen-bond donors (Lipinski definition) is 1. The second-order valence-electron chi connectivity index (χ2n) is 4.64. The van der Waals surface area contributed by atoms with Crippen LogP contribution in [0.15, 0.2) is 0 Å². The summed E-state index contributed by atoms with van der Waals surface area (Å²) in [7, 11) is 0. The van der Waals surface area contributed by atoms with Gasteiger partial charge in [-0.05, 0) is 31.1 Å². The van der Waals surface area contributed by atoms with Crippen LogP contribution < -0.4 is 5.32 Å². The normalized spacial score (nSPS) is 33.1. The van der Waals surface area contributed by atoms with E-state index in [2.05, 4.69) is 19.2 Å². The van der Waals surface area contributed by atoms with E-state index in [1.807, 2.05) is 0 Å². The molecule has 1 aliphatic carbocycles. The first-order chi connectivity index (χ1) is 6.50. The molecule has 1 rings (SSSR count). The Balaban J connectivity index is 2.43. The van der Waals surface area contributed by atoms with Crippen molar-refractivity contribution in [3.63, 3.8) is 0 Å². The predicted molar refractivity (Wildman–Crippen MR) is 54.7 cm³/mol. The molecule has 1 N–H and O–H groups in total. The van der Waals surface area contributed by atoms with Gasteiger partial charge in [0.05, 0.1) is 6.04 Å². The molecule has 1 amide bonds. The third-order valence-corrected chi connectivity index (χ3v) is 3.14. The Labute approximate surface area is 85.3 Å². The quantitative estimate of drug-likeness (QED) is 0.729. The summed E-state index contributed by atoms with van der Waals surface area (Å²) in [5.41, 5.74) is 0. The predicted octanol–water partition coefficient (Wildman–Crippen LogP) is 2.29. The Morgan fingerprint density at radius 2 is 2.07 bits per heavy atom. The molecule has 3 heteroatoms. The molecule has 0 aromatic carbocycles. The maximum Gasteiger partial charge on any atom is 0.217 e. The van der Waals surface area contributed by atoms with Crippen molar-refractivity contribution in [2.75, 3.05) is 0 Å². The van der Waals surface area contributed by atoms with E-state index in [1.54, 1.807) is 0 Å². The summed E-state index contributed by atoms with van der Waals surface area (Å²) in [4.78, 5) is 10.8. The number of hydrogen-bond acceptors (Lipinski definition) is 1. The fourth-order valence-corrected chi connectivity index (χ4v) is 2.17. The third-order valence-electron chi connectivity index (χ3n) is 3.14. The lowest BCUT2D eigenvalue weighted by Crippen LogP contribution is -2.44. The van der Waals surface area contributed by atoms with Gasteiger partial charge in [0.1, 0.15) is 6.17 Å². The van der Waals surface area contributed by atoms with E-state index in [9.17, 15) is 9.18 Å². The standard InChI is InChI=1S/C11H20FNO/c1-7(2)9-4-5-11(10(12)6-9)13-8(3)14/h7,9-11H,4-6H2,1-3H3,(H,13,14)/t9-,10+,11+/m0/s1. The molecule has 1 fully saturated rings. The van der Waals surface area contributed by atoms with Crippen LogP contribution in [0.5, 0.6) is 0 Å². The first-order valence-electron chi connectivity index (χ1n) is 5.42. The van der Waals surface area contributed by atoms with E-state index in [-0.39, 0.29) is 11.9 Å². The van der Waals surface area contributed by atoms with Gasteiger partial charge in [-0.1, -0.05) is 13.8 Å². The van der Waals surface area contributed by atoms with Crippen molar-refractivity contribution in [1.82, 2.24) is 5.32 Å². The third kappa shape index (κ3) is 2.96. The van der Waals surface area contributed by atoms with E-state index in [0.717, 1.165) is 12.8 Å². The van der Waals surface area contributed by atoms with Crippen LogP contribution in [0.2, 0.25) is 0 Å². The average Bonchev–Trinajstić information content (AvgIpc) is 2.07. The highest BCUT2D eigenvalue weighted by molar-refractivity contribution is 5.73. The molecule has 0 aliphatic heterocycles. The highest BCUT2D eigenvalue weighted by Gasteiger charge is 2.31. The summed E-state index contributed by atoms with van der Waals surface area (Å²) in [6.07, 6.45) is 1.55. The summed E-state index contributed by atoms with van der Waals surface area (Å²) < 4.78 is 13.6. The molecule has 0 unspecified atom stereocenters. The van der Waals surface area contributed by atoms with Crippen molar-refractivity contribution in [1.29, 1.82) is 0 Å². The second-order valence-corrected chi connectivity index (χ2v) is 4.64. The number of nitrogens with one attached hydrogen (secondary N) is 1. The highest BCUT2D eigenvalue weighted by Crippen LogP contribution is 2.31. The first-order valence-corrected chi connectivity index (χ1v) is 5.42. The molecule has 0 heterocycles. The fraction of sp³-hybridized carbons (Fsp3) is 0.909. The van der Waals surface area contributed by atoms with Gasteiger partial charge >= 0.3 is 0 Å². The smallest absolute Gasteiger partial charge is 0.217 e. The largest absolute Gasteiger partial charge is 0.351 e. The zero-order valence-corrected chi connectivity index (χ0v) is 9.22. The number of amides is 1. The van der Waals surface area contributed by atoms with Crippen LogP contribution in [0.1, 0.15) is 40.0 Å². The molecule has 1 aliphatic rings. The van der Waals surface area contributed by atoms with E-state index >= 15 is 0 Å². The molecule has 0 radical (unpaired) electrons. The lowest BCUT2D eigenvalue weighted by molar-refractivity contribution is -0.120. The maximum absolute atomic E-state index is 13.6. The minimum Gasteiger partial charge on any atom is -0.351 e. The van der Waals surface area contributed by atoms with Crippen molar-refractivity contribution in [3.8, 4) is 0 Å². The van der Waals surface area contributed by atoms with Crippen LogP contribution in [0.25, 0.3) is 0 Å². The van der Waals surface area contributed by atoms with Gasteiger partial charge < -0.3 is 5.32 Å². The first kappa shape index (κ1) is 11.5. The zero-order valence-electron chi connectivity index (χ0n) is 9.22. The van der Waals surface area contributed by atoms with Crippen molar-refractivity contribution in [2.45, 2.75) is 52.2 Å². The fourth-order valence-electron chi connectivity index (χ4n) is 2.17. The summed E-state index contributed by atoms with van der Waals surface area (Å²) >= 11 is 0. The Bertz CT molecular complexity index is 205. The lowest BCUT2D eigenvalue weighted by Gasteiger charge is -2.33. The van der Waals surface area contributed by atoms with Gasteiger partial charge in [-0.15, -0.1) is 0 Å². The van der Waals surface area contributed by atoms with Gasteiger partial charge in [-0.3, -0.25) is 4.79 Å². The molecule has 0 bridgehead atoms. The summed E-state index contributed by atoms with van der Waals surface area (Å²) in [5.74, 6) is 0.905. The maximum atomic E-state index is 13.6. The molecule has 0 saturated heterocycles. The monoisotopic (exact) mass is 201 g/mol. The van der Waals surface area contributed by atoms with Gasteiger partial charge in [-0.25, -0.2) is 4.39 Å². The molecule has 0 aromatic rings. The van der Waals surface area contributed by atoms with Gasteiger partial charge in [0, 0.05) is 6.92 Å². The molecule has 14 heavy (non-hydrogen) atoms. The number of carbonyl (C=O) groups excluding carboxylic acids is 1. The van der Waals surface area contributed by atoms with E-state index in [1.165, 1.54) is 6.92 Å².